The number of aliphatic hydroxyl groups excluding tert-OH is 1. The molecule has 1 atom stereocenters. The van der Waals surface area contributed by atoms with Gasteiger partial charge < -0.3 is 16.2 Å². The largest absolute Gasteiger partial charge is 0.394 e. The van der Waals surface area contributed by atoms with E-state index in [0.717, 1.165) is 11.1 Å². The van der Waals surface area contributed by atoms with E-state index in [2.05, 4.69) is 10.4 Å². The van der Waals surface area contributed by atoms with Gasteiger partial charge in [0.05, 0.1) is 13.2 Å². The molecular weight excluding hydrogens is 256 g/mol. The molecule has 0 spiro atoms. The Morgan fingerprint density at radius 1 is 1.40 bits per heavy atom. The van der Waals surface area contributed by atoms with Gasteiger partial charge in [0.15, 0.2) is 5.82 Å². The predicted octanol–water partition coefficient (Wildman–Crippen LogP) is 0.932. The van der Waals surface area contributed by atoms with Gasteiger partial charge in [-0.3, -0.25) is 4.79 Å². The molecule has 0 radical (unpaired) electrons. The lowest BCUT2D eigenvalue weighted by Gasteiger charge is -2.24. The summed E-state index contributed by atoms with van der Waals surface area (Å²) < 4.78 is 1.55. The number of hydrogen-bond acceptors (Lipinski definition) is 4. The Balaban J connectivity index is 2.10. The zero-order valence-electron chi connectivity index (χ0n) is 10.9. The molecule has 20 heavy (non-hydrogen) atoms. The van der Waals surface area contributed by atoms with Crippen molar-refractivity contribution in [3.63, 3.8) is 0 Å². The lowest BCUT2D eigenvalue weighted by molar-refractivity contribution is -0.116. The van der Waals surface area contributed by atoms with Crippen LogP contribution in [0.3, 0.4) is 0 Å². The molecule has 0 bridgehead atoms. The molecule has 1 aromatic carbocycles. The van der Waals surface area contributed by atoms with E-state index in [1.807, 2.05) is 30.3 Å². The summed E-state index contributed by atoms with van der Waals surface area (Å²) in [5, 5.41) is 16.1. The summed E-state index contributed by atoms with van der Waals surface area (Å²) >= 11 is 0. The second kappa shape index (κ2) is 4.97. The highest BCUT2D eigenvalue weighted by molar-refractivity contribution is 5.95. The Morgan fingerprint density at radius 3 is 2.85 bits per heavy atom. The van der Waals surface area contributed by atoms with E-state index >= 15 is 0 Å². The molecule has 0 saturated heterocycles. The Kier molecular flexibility index (Phi) is 3.15. The zero-order valence-corrected chi connectivity index (χ0v) is 10.9. The minimum Gasteiger partial charge on any atom is -0.394 e. The number of nitrogens with two attached hydrogens (primary N) is 1. The van der Waals surface area contributed by atoms with Crippen LogP contribution in [0.25, 0.3) is 0 Å². The SMILES string of the molecule is Nc1nn(CCO)c2c1C(c1ccccc1)CC(=O)N2. The molecule has 3 rings (SSSR count). The first-order valence-corrected chi connectivity index (χ1v) is 6.52. The molecule has 1 amide bonds. The van der Waals surface area contributed by atoms with Crippen molar-refractivity contribution in [2.24, 2.45) is 0 Å². The first-order valence-electron chi connectivity index (χ1n) is 6.52. The maximum absolute atomic E-state index is 11.9. The van der Waals surface area contributed by atoms with E-state index in [1.165, 1.54) is 0 Å². The van der Waals surface area contributed by atoms with Crippen molar-refractivity contribution in [3.05, 3.63) is 41.5 Å². The summed E-state index contributed by atoms with van der Waals surface area (Å²) in [4.78, 5) is 11.9. The van der Waals surface area contributed by atoms with Crippen molar-refractivity contribution >= 4 is 17.5 Å². The van der Waals surface area contributed by atoms with Gasteiger partial charge in [-0.05, 0) is 5.56 Å². The fourth-order valence-corrected chi connectivity index (χ4v) is 2.67. The van der Waals surface area contributed by atoms with E-state index in [0.29, 0.717) is 24.6 Å². The number of fused-ring (bicyclic) bond motifs is 1. The van der Waals surface area contributed by atoms with Gasteiger partial charge in [0.25, 0.3) is 0 Å². The number of carbonyl (C=O) groups excluding carboxylic acids is 1. The minimum absolute atomic E-state index is 0.0561. The van der Waals surface area contributed by atoms with Crippen LogP contribution in [0.2, 0.25) is 0 Å². The summed E-state index contributed by atoms with van der Waals surface area (Å²) in [7, 11) is 0. The second-order valence-electron chi connectivity index (χ2n) is 4.81. The van der Waals surface area contributed by atoms with Gasteiger partial charge in [-0.2, -0.15) is 5.10 Å². The van der Waals surface area contributed by atoms with Crippen LogP contribution in [0.1, 0.15) is 23.5 Å². The first kappa shape index (κ1) is 12.7. The molecule has 1 unspecified atom stereocenters. The number of aliphatic hydroxyl groups is 1. The van der Waals surface area contributed by atoms with Gasteiger partial charge in [0.1, 0.15) is 5.82 Å². The number of carbonyl (C=O) groups is 1. The third kappa shape index (κ3) is 2.04. The Labute approximate surface area is 116 Å². The zero-order chi connectivity index (χ0) is 14.1. The minimum atomic E-state index is -0.0904. The quantitative estimate of drug-likeness (QED) is 0.775. The van der Waals surface area contributed by atoms with Gasteiger partial charge in [0.2, 0.25) is 5.91 Å². The van der Waals surface area contributed by atoms with Crippen molar-refractivity contribution in [1.29, 1.82) is 0 Å². The van der Waals surface area contributed by atoms with E-state index in [9.17, 15) is 4.79 Å². The van der Waals surface area contributed by atoms with Crippen molar-refractivity contribution in [3.8, 4) is 0 Å². The molecule has 2 heterocycles. The van der Waals surface area contributed by atoms with Crippen molar-refractivity contribution < 1.29 is 9.90 Å². The number of amides is 1. The number of nitrogens with one attached hydrogen (secondary N) is 1. The third-order valence-corrected chi connectivity index (χ3v) is 3.53. The maximum Gasteiger partial charge on any atom is 0.226 e. The summed E-state index contributed by atoms with van der Waals surface area (Å²) in [6.45, 7) is 0.251. The van der Waals surface area contributed by atoms with Crippen molar-refractivity contribution in [2.75, 3.05) is 17.7 Å². The summed E-state index contributed by atoms with van der Waals surface area (Å²) in [6, 6.07) is 9.78. The molecular formula is C14H16N4O2. The average Bonchev–Trinajstić information content (AvgIpc) is 2.76. The van der Waals surface area contributed by atoms with Gasteiger partial charge in [0, 0.05) is 17.9 Å². The molecule has 6 heteroatoms. The smallest absolute Gasteiger partial charge is 0.226 e. The van der Waals surface area contributed by atoms with Gasteiger partial charge >= 0.3 is 0 Å². The normalized spacial score (nSPS) is 17.6. The molecule has 0 fully saturated rings. The second-order valence-corrected chi connectivity index (χ2v) is 4.81. The van der Waals surface area contributed by atoms with Gasteiger partial charge in [-0.15, -0.1) is 0 Å². The highest BCUT2D eigenvalue weighted by atomic mass is 16.3. The topological polar surface area (TPSA) is 93.2 Å². The monoisotopic (exact) mass is 272 g/mol. The van der Waals surface area contributed by atoms with Gasteiger partial charge in [-0.1, -0.05) is 30.3 Å². The fraction of sp³-hybridized carbons (Fsp3) is 0.286. The van der Waals surface area contributed by atoms with E-state index < -0.39 is 0 Å². The first-order chi connectivity index (χ1) is 9.70. The molecule has 104 valence electrons. The standard InChI is InChI=1S/C14H16N4O2/c15-13-12-10(9-4-2-1-3-5-9)8-11(20)16-14(12)18(17-13)6-7-19/h1-5,10,19H,6-8H2,(H2,15,17)(H,16,20). The third-order valence-electron chi connectivity index (χ3n) is 3.53. The Morgan fingerprint density at radius 2 is 2.15 bits per heavy atom. The molecule has 4 N–H and O–H groups in total. The van der Waals surface area contributed by atoms with Crippen LogP contribution < -0.4 is 11.1 Å². The number of hydrogen-bond donors (Lipinski definition) is 3. The van der Waals surface area contributed by atoms with Crippen molar-refractivity contribution in [2.45, 2.75) is 18.9 Å². The highest BCUT2D eigenvalue weighted by Crippen LogP contribution is 2.40. The van der Waals surface area contributed by atoms with E-state index in [4.69, 9.17) is 10.8 Å². The number of anilines is 2. The van der Waals surface area contributed by atoms with Crippen LogP contribution >= 0.6 is 0 Å². The van der Waals surface area contributed by atoms with Crippen LogP contribution in [-0.4, -0.2) is 27.4 Å². The van der Waals surface area contributed by atoms with Crippen molar-refractivity contribution in [1.82, 2.24) is 9.78 Å². The van der Waals surface area contributed by atoms with Crippen LogP contribution in [0.5, 0.6) is 0 Å². The number of rotatable bonds is 3. The summed E-state index contributed by atoms with van der Waals surface area (Å²) in [5.41, 5.74) is 7.88. The number of aromatic nitrogens is 2. The molecule has 6 nitrogen and oxygen atoms in total. The fourth-order valence-electron chi connectivity index (χ4n) is 2.67. The predicted molar refractivity (Wildman–Crippen MR) is 75.3 cm³/mol. The van der Waals surface area contributed by atoms with Crippen LogP contribution in [0.15, 0.2) is 30.3 Å². The maximum atomic E-state index is 11.9. The summed E-state index contributed by atoms with van der Waals surface area (Å²) in [5.74, 6) is 0.849. The Bertz CT molecular complexity index is 636. The lowest BCUT2D eigenvalue weighted by Crippen LogP contribution is -2.25. The van der Waals surface area contributed by atoms with Gasteiger partial charge in [-0.25, -0.2) is 4.68 Å². The lowest BCUT2D eigenvalue weighted by atomic mass is 9.87. The highest BCUT2D eigenvalue weighted by Gasteiger charge is 2.32. The van der Waals surface area contributed by atoms with Crippen LogP contribution in [0.4, 0.5) is 11.6 Å². The molecule has 0 saturated carbocycles. The number of nitrogen functional groups attached to an aromatic ring is 1. The molecule has 1 aromatic heterocycles. The van der Waals surface area contributed by atoms with Crippen LogP contribution in [0, 0.1) is 0 Å². The average molecular weight is 272 g/mol. The number of nitrogens with zero attached hydrogens (tertiary/aromatic N) is 2. The Hall–Kier alpha value is -2.34. The molecule has 1 aliphatic heterocycles. The molecule has 0 aliphatic carbocycles. The van der Waals surface area contributed by atoms with E-state index in [-0.39, 0.29) is 18.4 Å². The van der Waals surface area contributed by atoms with Crippen LogP contribution in [-0.2, 0) is 11.3 Å². The van der Waals surface area contributed by atoms with E-state index in [1.54, 1.807) is 4.68 Å². The number of benzene rings is 1. The molecule has 2 aromatic rings. The molecule has 1 aliphatic rings. The summed E-state index contributed by atoms with van der Waals surface area (Å²) in [6.07, 6.45) is 0.353.